The highest BCUT2D eigenvalue weighted by molar-refractivity contribution is 5.92. The molecule has 0 saturated heterocycles. The fourth-order valence-corrected chi connectivity index (χ4v) is 1.19. The van der Waals surface area contributed by atoms with Crippen molar-refractivity contribution in [3.8, 4) is 0 Å². The molecule has 0 aliphatic carbocycles. The monoisotopic (exact) mass is 207 g/mol. The summed E-state index contributed by atoms with van der Waals surface area (Å²) in [7, 11) is 1.65. The molecular weight excluding hydrogens is 190 g/mol. The molecule has 1 aromatic carbocycles. The Kier molecular flexibility index (Phi) is 4.31. The van der Waals surface area contributed by atoms with Crippen LogP contribution in [0.1, 0.15) is 19.4 Å². The van der Waals surface area contributed by atoms with E-state index in [-0.39, 0.29) is 11.8 Å². The second-order valence-electron chi connectivity index (χ2n) is 3.78. The van der Waals surface area contributed by atoms with Crippen molar-refractivity contribution in [1.82, 2.24) is 0 Å². The largest absolute Gasteiger partial charge is 0.380 e. The van der Waals surface area contributed by atoms with Crippen LogP contribution in [0.3, 0.4) is 0 Å². The van der Waals surface area contributed by atoms with Crippen LogP contribution in [0, 0.1) is 5.92 Å². The molecule has 0 aromatic heterocycles. The number of ether oxygens (including phenoxy) is 1. The maximum absolute atomic E-state index is 11.4. The lowest BCUT2D eigenvalue weighted by Gasteiger charge is -2.08. The molecule has 0 atom stereocenters. The fraction of sp³-hybridized carbons (Fsp3) is 0.417. The maximum Gasteiger partial charge on any atom is 0.226 e. The SMILES string of the molecule is COCc1cccc(NC(=O)C(C)C)c1. The van der Waals surface area contributed by atoms with E-state index in [9.17, 15) is 4.79 Å². The summed E-state index contributed by atoms with van der Waals surface area (Å²) in [5.41, 5.74) is 1.88. The topological polar surface area (TPSA) is 38.3 Å². The van der Waals surface area contributed by atoms with Crippen molar-refractivity contribution in [2.24, 2.45) is 5.92 Å². The highest BCUT2D eigenvalue weighted by atomic mass is 16.5. The van der Waals surface area contributed by atoms with E-state index in [1.807, 2.05) is 38.1 Å². The van der Waals surface area contributed by atoms with Crippen LogP contribution < -0.4 is 5.32 Å². The first kappa shape index (κ1) is 11.7. The predicted octanol–water partition coefficient (Wildman–Crippen LogP) is 2.43. The average molecular weight is 207 g/mol. The van der Waals surface area contributed by atoms with Gasteiger partial charge in [0, 0.05) is 18.7 Å². The van der Waals surface area contributed by atoms with Crippen LogP contribution in [0.5, 0.6) is 0 Å². The fourth-order valence-electron chi connectivity index (χ4n) is 1.19. The summed E-state index contributed by atoms with van der Waals surface area (Å²) >= 11 is 0. The Labute approximate surface area is 90.4 Å². The van der Waals surface area contributed by atoms with Crippen LogP contribution in [-0.2, 0) is 16.1 Å². The van der Waals surface area contributed by atoms with E-state index >= 15 is 0 Å². The molecule has 0 saturated carbocycles. The second-order valence-corrected chi connectivity index (χ2v) is 3.78. The normalized spacial score (nSPS) is 10.4. The Morgan fingerprint density at radius 2 is 2.20 bits per heavy atom. The molecule has 0 fully saturated rings. The molecule has 0 aliphatic heterocycles. The van der Waals surface area contributed by atoms with E-state index in [4.69, 9.17) is 4.74 Å². The molecule has 1 amide bonds. The Morgan fingerprint density at radius 1 is 1.47 bits per heavy atom. The van der Waals surface area contributed by atoms with Gasteiger partial charge in [0.05, 0.1) is 6.61 Å². The number of carbonyl (C=O) groups excluding carboxylic acids is 1. The molecule has 1 aromatic rings. The zero-order chi connectivity index (χ0) is 11.3. The van der Waals surface area contributed by atoms with Crippen molar-refractivity contribution in [2.45, 2.75) is 20.5 Å². The molecule has 0 aliphatic rings. The van der Waals surface area contributed by atoms with E-state index in [1.165, 1.54) is 0 Å². The minimum Gasteiger partial charge on any atom is -0.380 e. The average Bonchev–Trinajstić information content (AvgIpc) is 2.18. The molecule has 1 rings (SSSR count). The van der Waals surface area contributed by atoms with Crippen LogP contribution in [0.4, 0.5) is 5.69 Å². The van der Waals surface area contributed by atoms with Crippen molar-refractivity contribution < 1.29 is 9.53 Å². The number of rotatable bonds is 4. The molecule has 1 N–H and O–H groups in total. The van der Waals surface area contributed by atoms with Gasteiger partial charge in [0.2, 0.25) is 5.91 Å². The van der Waals surface area contributed by atoms with Crippen LogP contribution in [0.15, 0.2) is 24.3 Å². The van der Waals surface area contributed by atoms with Crippen molar-refractivity contribution in [2.75, 3.05) is 12.4 Å². The molecular formula is C12H17NO2. The maximum atomic E-state index is 11.4. The van der Waals surface area contributed by atoms with Crippen molar-refractivity contribution in [3.63, 3.8) is 0 Å². The van der Waals surface area contributed by atoms with Crippen LogP contribution in [0.2, 0.25) is 0 Å². The quantitative estimate of drug-likeness (QED) is 0.823. The lowest BCUT2D eigenvalue weighted by Crippen LogP contribution is -2.17. The number of carbonyl (C=O) groups is 1. The molecule has 0 bridgehead atoms. The van der Waals surface area contributed by atoms with Crippen LogP contribution >= 0.6 is 0 Å². The van der Waals surface area contributed by atoms with Gasteiger partial charge in [-0.2, -0.15) is 0 Å². The summed E-state index contributed by atoms with van der Waals surface area (Å²) in [5.74, 6) is 0.0284. The zero-order valence-electron chi connectivity index (χ0n) is 9.41. The summed E-state index contributed by atoms with van der Waals surface area (Å²) in [6.07, 6.45) is 0. The highest BCUT2D eigenvalue weighted by Crippen LogP contribution is 2.12. The van der Waals surface area contributed by atoms with Crippen molar-refractivity contribution in [3.05, 3.63) is 29.8 Å². The van der Waals surface area contributed by atoms with Gasteiger partial charge in [-0.3, -0.25) is 4.79 Å². The minimum atomic E-state index is -0.00363. The van der Waals surface area contributed by atoms with Gasteiger partial charge in [-0.05, 0) is 17.7 Å². The van der Waals surface area contributed by atoms with E-state index < -0.39 is 0 Å². The van der Waals surface area contributed by atoms with Crippen LogP contribution in [-0.4, -0.2) is 13.0 Å². The molecule has 0 unspecified atom stereocenters. The summed E-state index contributed by atoms with van der Waals surface area (Å²) in [6.45, 7) is 4.30. The second kappa shape index (κ2) is 5.51. The number of anilines is 1. The molecule has 0 heterocycles. The number of methoxy groups -OCH3 is 1. The molecule has 15 heavy (non-hydrogen) atoms. The van der Waals surface area contributed by atoms with Crippen LogP contribution in [0.25, 0.3) is 0 Å². The van der Waals surface area contributed by atoms with E-state index in [0.29, 0.717) is 6.61 Å². The molecule has 0 radical (unpaired) electrons. The summed E-state index contributed by atoms with van der Waals surface area (Å²) in [5, 5.41) is 2.85. The Morgan fingerprint density at radius 3 is 2.80 bits per heavy atom. The first-order valence-corrected chi connectivity index (χ1v) is 5.02. The standard InChI is InChI=1S/C12H17NO2/c1-9(2)12(14)13-11-6-4-5-10(7-11)8-15-3/h4-7,9H,8H2,1-3H3,(H,13,14). The van der Waals surface area contributed by atoms with Gasteiger partial charge in [0.25, 0.3) is 0 Å². The highest BCUT2D eigenvalue weighted by Gasteiger charge is 2.06. The van der Waals surface area contributed by atoms with Gasteiger partial charge in [-0.25, -0.2) is 0 Å². The number of hydrogen-bond acceptors (Lipinski definition) is 2. The molecule has 3 nitrogen and oxygen atoms in total. The summed E-state index contributed by atoms with van der Waals surface area (Å²) < 4.78 is 5.02. The van der Waals surface area contributed by atoms with Gasteiger partial charge in [0.1, 0.15) is 0 Å². The van der Waals surface area contributed by atoms with E-state index in [0.717, 1.165) is 11.3 Å². The molecule has 3 heteroatoms. The number of benzene rings is 1. The first-order valence-electron chi connectivity index (χ1n) is 5.02. The van der Waals surface area contributed by atoms with Gasteiger partial charge in [0.15, 0.2) is 0 Å². The smallest absolute Gasteiger partial charge is 0.226 e. The zero-order valence-corrected chi connectivity index (χ0v) is 9.41. The lowest BCUT2D eigenvalue weighted by atomic mass is 10.1. The van der Waals surface area contributed by atoms with Gasteiger partial charge in [-0.1, -0.05) is 26.0 Å². The van der Waals surface area contributed by atoms with Gasteiger partial charge in [-0.15, -0.1) is 0 Å². The number of amides is 1. The first-order chi connectivity index (χ1) is 7.13. The number of nitrogens with one attached hydrogen (secondary N) is 1. The van der Waals surface area contributed by atoms with Gasteiger partial charge < -0.3 is 10.1 Å². The predicted molar refractivity (Wildman–Crippen MR) is 60.6 cm³/mol. The number of hydrogen-bond donors (Lipinski definition) is 1. The van der Waals surface area contributed by atoms with E-state index in [1.54, 1.807) is 7.11 Å². The summed E-state index contributed by atoms with van der Waals surface area (Å²) in [4.78, 5) is 11.4. The van der Waals surface area contributed by atoms with Crippen molar-refractivity contribution >= 4 is 11.6 Å². The molecule has 0 spiro atoms. The molecule has 82 valence electrons. The third-order valence-corrected chi connectivity index (χ3v) is 2.03. The minimum absolute atomic E-state index is 0.00363. The summed E-state index contributed by atoms with van der Waals surface area (Å²) in [6, 6.07) is 7.67. The van der Waals surface area contributed by atoms with E-state index in [2.05, 4.69) is 5.32 Å². The lowest BCUT2D eigenvalue weighted by molar-refractivity contribution is -0.118. The third kappa shape index (κ3) is 3.72. The Balaban J connectivity index is 2.69. The Bertz CT molecular complexity index is 334. The van der Waals surface area contributed by atoms with Gasteiger partial charge >= 0.3 is 0 Å². The Hall–Kier alpha value is -1.35. The third-order valence-electron chi connectivity index (χ3n) is 2.03. The van der Waals surface area contributed by atoms with Crippen molar-refractivity contribution in [1.29, 1.82) is 0 Å².